The van der Waals surface area contributed by atoms with Gasteiger partial charge in [-0.15, -0.1) is 24.0 Å². The van der Waals surface area contributed by atoms with Gasteiger partial charge in [0.15, 0.2) is 5.96 Å². The number of halogens is 4. The molecule has 1 aromatic carbocycles. The predicted octanol–water partition coefficient (Wildman–Crippen LogP) is 2.66. The smallest absolute Gasteiger partial charge is 0.257 e. The monoisotopic (exact) mass is 430 g/mol. The molecule has 1 heterocycles. The number of aliphatic imine (C=N–C) groups is 1. The molecule has 21 heavy (non-hydrogen) atoms. The summed E-state index contributed by atoms with van der Waals surface area (Å²) in [6, 6.07) is 7.63. The number of nitrogens with two attached hydrogens (primary N) is 1. The number of rotatable bonds is 3. The summed E-state index contributed by atoms with van der Waals surface area (Å²) in [5, 5.41) is 0.704. The minimum Gasteiger partial charge on any atom is -0.370 e. The topological polar surface area (TPSA) is 44.9 Å². The summed E-state index contributed by atoms with van der Waals surface area (Å²) in [5.41, 5.74) is 6.80. The summed E-state index contributed by atoms with van der Waals surface area (Å²) in [4.78, 5) is 7.72. The lowest BCUT2D eigenvalue weighted by atomic mass is 10.2. The Kier molecular flexibility index (Phi) is 7.44. The molecule has 0 radical (unpaired) electrons. The Morgan fingerprint density at radius 2 is 1.76 bits per heavy atom. The predicted molar refractivity (Wildman–Crippen MR) is 93.1 cm³/mol. The van der Waals surface area contributed by atoms with Gasteiger partial charge in [-0.25, -0.2) is 13.8 Å². The molecule has 0 aliphatic carbocycles. The minimum absolute atomic E-state index is 0. The van der Waals surface area contributed by atoms with E-state index in [-0.39, 0.29) is 29.9 Å². The number of guanidine groups is 1. The molecule has 1 saturated heterocycles. The van der Waals surface area contributed by atoms with E-state index in [1.165, 1.54) is 0 Å². The molecule has 0 aromatic heterocycles. The molecular formula is C13H18ClF2IN4. The number of benzene rings is 1. The third kappa shape index (κ3) is 5.46. The molecule has 0 bridgehead atoms. The van der Waals surface area contributed by atoms with Crippen LogP contribution in [0.1, 0.15) is 0 Å². The maximum absolute atomic E-state index is 12.1. The Morgan fingerprint density at radius 3 is 2.29 bits per heavy atom. The third-order valence-corrected chi connectivity index (χ3v) is 3.44. The van der Waals surface area contributed by atoms with Crippen molar-refractivity contribution in [1.82, 2.24) is 4.90 Å². The minimum atomic E-state index is -2.45. The lowest BCUT2D eigenvalue weighted by Crippen LogP contribution is -2.51. The summed E-state index contributed by atoms with van der Waals surface area (Å²) in [6.07, 6.45) is -2.45. The summed E-state index contributed by atoms with van der Waals surface area (Å²) in [5.74, 6) is 0.195. The zero-order valence-electron chi connectivity index (χ0n) is 11.4. The summed E-state index contributed by atoms with van der Waals surface area (Å²) in [6.45, 7) is 2.34. The second kappa shape index (κ2) is 8.57. The van der Waals surface area contributed by atoms with E-state index >= 15 is 0 Å². The first kappa shape index (κ1) is 18.2. The maximum atomic E-state index is 12.1. The van der Waals surface area contributed by atoms with Gasteiger partial charge in [0.2, 0.25) is 0 Å². The molecule has 4 nitrogen and oxygen atoms in total. The van der Waals surface area contributed by atoms with E-state index in [4.69, 9.17) is 17.3 Å². The van der Waals surface area contributed by atoms with Crippen LogP contribution in [0.2, 0.25) is 5.02 Å². The van der Waals surface area contributed by atoms with Crippen molar-refractivity contribution in [1.29, 1.82) is 0 Å². The van der Waals surface area contributed by atoms with E-state index in [2.05, 4.69) is 9.89 Å². The van der Waals surface area contributed by atoms with Crippen molar-refractivity contribution >= 4 is 47.2 Å². The number of hydrogen-bond acceptors (Lipinski definition) is 2. The van der Waals surface area contributed by atoms with Crippen molar-refractivity contribution in [3.05, 3.63) is 29.3 Å². The Labute approximate surface area is 145 Å². The van der Waals surface area contributed by atoms with Crippen molar-refractivity contribution in [3.63, 3.8) is 0 Å². The van der Waals surface area contributed by atoms with Crippen LogP contribution in [0.4, 0.5) is 14.5 Å². The van der Waals surface area contributed by atoms with Crippen LogP contribution >= 0.6 is 35.6 Å². The molecular weight excluding hydrogens is 413 g/mol. The first-order valence-corrected chi connectivity index (χ1v) is 6.77. The zero-order valence-corrected chi connectivity index (χ0v) is 14.5. The fraction of sp³-hybridized carbons (Fsp3) is 0.462. The van der Waals surface area contributed by atoms with Crippen LogP contribution < -0.4 is 10.6 Å². The van der Waals surface area contributed by atoms with Crippen LogP contribution in [0.3, 0.4) is 0 Å². The fourth-order valence-corrected chi connectivity index (χ4v) is 2.23. The van der Waals surface area contributed by atoms with Crippen LogP contribution in [0.15, 0.2) is 29.3 Å². The van der Waals surface area contributed by atoms with Gasteiger partial charge in [-0.1, -0.05) is 11.6 Å². The Morgan fingerprint density at radius 1 is 1.19 bits per heavy atom. The van der Waals surface area contributed by atoms with E-state index in [1.807, 2.05) is 29.2 Å². The Hall–Kier alpha value is -0.830. The maximum Gasteiger partial charge on any atom is 0.257 e. The van der Waals surface area contributed by atoms with Gasteiger partial charge in [-0.2, -0.15) is 0 Å². The van der Waals surface area contributed by atoms with Crippen LogP contribution in [0.5, 0.6) is 0 Å². The van der Waals surface area contributed by atoms with Gasteiger partial charge in [0, 0.05) is 36.9 Å². The highest BCUT2D eigenvalue weighted by molar-refractivity contribution is 14.0. The van der Waals surface area contributed by atoms with Gasteiger partial charge < -0.3 is 15.5 Å². The van der Waals surface area contributed by atoms with Gasteiger partial charge in [0.1, 0.15) is 6.54 Å². The molecule has 118 valence electrons. The van der Waals surface area contributed by atoms with Crippen LogP contribution in [-0.2, 0) is 0 Å². The van der Waals surface area contributed by atoms with Gasteiger partial charge in [-0.3, -0.25) is 0 Å². The molecule has 1 aliphatic rings. The standard InChI is InChI=1S/C13H17ClF2N4.HI/c14-10-1-3-11(4-2-10)19-5-7-20(8-6-19)13(17)18-9-12(15)16;/h1-4,12H,5-9H2,(H2,17,18);1H. The lowest BCUT2D eigenvalue weighted by molar-refractivity contribution is 0.158. The quantitative estimate of drug-likeness (QED) is 0.456. The van der Waals surface area contributed by atoms with Crippen molar-refractivity contribution in [3.8, 4) is 0 Å². The van der Waals surface area contributed by atoms with Crippen molar-refractivity contribution in [2.24, 2.45) is 10.7 Å². The summed E-state index contributed by atoms with van der Waals surface area (Å²) >= 11 is 5.86. The Balaban J connectivity index is 0.00000220. The van der Waals surface area contributed by atoms with Gasteiger partial charge in [0.05, 0.1) is 0 Å². The molecule has 0 amide bonds. The number of anilines is 1. The van der Waals surface area contributed by atoms with Crippen molar-refractivity contribution < 1.29 is 8.78 Å². The van der Waals surface area contributed by atoms with Gasteiger partial charge in [0.25, 0.3) is 6.43 Å². The van der Waals surface area contributed by atoms with E-state index in [0.29, 0.717) is 18.1 Å². The average Bonchev–Trinajstić information content (AvgIpc) is 2.46. The average molecular weight is 431 g/mol. The normalized spacial score (nSPS) is 16.1. The van der Waals surface area contributed by atoms with Crippen molar-refractivity contribution in [2.45, 2.75) is 6.43 Å². The first-order chi connectivity index (χ1) is 9.56. The molecule has 0 spiro atoms. The van der Waals surface area contributed by atoms with E-state index in [0.717, 1.165) is 18.8 Å². The second-order valence-electron chi connectivity index (χ2n) is 4.54. The Bertz CT molecular complexity index is 462. The molecule has 0 atom stereocenters. The van der Waals surface area contributed by atoms with Gasteiger partial charge >= 0.3 is 0 Å². The van der Waals surface area contributed by atoms with E-state index in [9.17, 15) is 8.78 Å². The zero-order chi connectivity index (χ0) is 14.5. The molecule has 1 aliphatic heterocycles. The summed E-state index contributed by atoms with van der Waals surface area (Å²) in [7, 11) is 0. The van der Waals surface area contributed by atoms with Crippen LogP contribution in [0, 0.1) is 0 Å². The highest BCUT2D eigenvalue weighted by Crippen LogP contribution is 2.19. The van der Waals surface area contributed by atoms with E-state index in [1.54, 1.807) is 0 Å². The SMILES string of the molecule is I.NC(=NCC(F)F)N1CCN(c2ccc(Cl)cc2)CC1. The first-order valence-electron chi connectivity index (χ1n) is 6.40. The number of alkyl halides is 2. The van der Waals surface area contributed by atoms with Crippen molar-refractivity contribution in [2.75, 3.05) is 37.6 Å². The highest BCUT2D eigenvalue weighted by Gasteiger charge is 2.18. The molecule has 2 N–H and O–H groups in total. The second-order valence-corrected chi connectivity index (χ2v) is 4.98. The third-order valence-electron chi connectivity index (χ3n) is 3.19. The molecule has 1 aromatic rings. The molecule has 0 saturated carbocycles. The number of hydrogen-bond donors (Lipinski definition) is 1. The van der Waals surface area contributed by atoms with E-state index < -0.39 is 13.0 Å². The number of piperazine rings is 1. The molecule has 1 fully saturated rings. The fourth-order valence-electron chi connectivity index (χ4n) is 2.11. The number of nitrogens with zero attached hydrogens (tertiary/aromatic N) is 3. The molecule has 0 unspecified atom stereocenters. The van der Waals surface area contributed by atoms with Crippen LogP contribution in [-0.4, -0.2) is 50.0 Å². The molecule has 2 rings (SSSR count). The lowest BCUT2D eigenvalue weighted by Gasteiger charge is -2.36. The van der Waals surface area contributed by atoms with Crippen LogP contribution in [0.25, 0.3) is 0 Å². The molecule has 8 heteroatoms. The largest absolute Gasteiger partial charge is 0.370 e. The van der Waals surface area contributed by atoms with Gasteiger partial charge in [-0.05, 0) is 24.3 Å². The highest BCUT2D eigenvalue weighted by atomic mass is 127. The summed E-state index contributed by atoms with van der Waals surface area (Å²) < 4.78 is 24.2.